The molecule has 0 bridgehead atoms. The van der Waals surface area contributed by atoms with Crippen molar-refractivity contribution >= 4 is 11.4 Å². The van der Waals surface area contributed by atoms with Gasteiger partial charge in [0.2, 0.25) is 0 Å². The predicted molar refractivity (Wildman–Crippen MR) is 62.4 cm³/mol. The normalized spacial score (nSPS) is 9.75. The smallest absolute Gasteiger partial charge is 0.275 e. The minimum absolute atomic E-state index is 0.0567. The molecule has 0 heterocycles. The molecule has 0 saturated heterocycles. The summed E-state index contributed by atoms with van der Waals surface area (Å²) in [5.74, 6) is 0.427. The molecule has 86 valence electrons. The zero-order valence-electron chi connectivity index (χ0n) is 8.89. The van der Waals surface area contributed by atoms with Crippen molar-refractivity contribution in [2.24, 2.45) is 0 Å². The van der Waals surface area contributed by atoms with Crippen molar-refractivity contribution in [3.63, 3.8) is 0 Å². The first-order valence-electron chi connectivity index (χ1n) is 4.92. The Morgan fingerprint density at radius 1 is 1.50 bits per heavy atom. The van der Waals surface area contributed by atoms with Crippen molar-refractivity contribution in [3.8, 4) is 5.75 Å². The maximum absolute atomic E-state index is 10.6. The van der Waals surface area contributed by atoms with Crippen LogP contribution in [-0.4, -0.2) is 11.5 Å². The highest BCUT2D eigenvalue weighted by atomic mass is 16.6. The van der Waals surface area contributed by atoms with Crippen LogP contribution in [0.2, 0.25) is 0 Å². The van der Waals surface area contributed by atoms with E-state index in [-0.39, 0.29) is 5.69 Å². The summed E-state index contributed by atoms with van der Waals surface area (Å²) in [7, 11) is 0. The molecule has 16 heavy (non-hydrogen) atoms. The standard InChI is InChI=1S/C11H14N2O3/c1-2-3-4-5-16-11-7-9(12)6-10(8-11)13(14)15/h2,6-8H,1,3-5,12H2. The quantitative estimate of drug-likeness (QED) is 0.264. The van der Waals surface area contributed by atoms with Gasteiger partial charge in [0.1, 0.15) is 5.75 Å². The molecule has 0 unspecified atom stereocenters. The van der Waals surface area contributed by atoms with Gasteiger partial charge in [0.05, 0.1) is 17.6 Å². The van der Waals surface area contributed by atoms with Gasteiger partial charge >= 0.3 is 0 Å². The van der Waals surface area contributed by atoms with Crippen molar-refractivity contribution in [1.82, 2.24) is 0 Å². The zero-order chi connectivity index (χ0) is 12.0. The number of nitrogens with zero attached hydrogens (tertiary/aromatic N) is 1. The lowest BCUT2D eigenvalue weighted by Crippen LogP contribution is -1.99. The van der Waals surface area contributed by atoms with E-state index in [4.69, 9.17) is 10.5 Å². The van der Waals surface area contributed by atoms with Crippen molar-refractivity contribution in [2.75, 3.05) is 12.3 Å². The summed E-state index contributed by atoms with van der Waals surface area (Å²) in [5.41, 5.74) is 5.80. The number of hydrogen-bond donors (Lipinski definition) is 1. The van der Waals surface area contributed by atoms with E-state index in [1.54, 1.807) is 12.1 Å². The van der Waals surface area contributed by atoms with Gasteiger partial charge in [-0.05, 0) is 12.8 Å². The van der Waals surface area contributed by atoms with Crippen LogP contribution in [0.3, 0.4) is 0 Å². The Labute approximate surface area is 93.7 Å². The van der Waals surface area contributed by atoms with Crippen molar-refractivity contribution in [3.05, 3.63) is 41.0 Å². The predicted octanol–water partition coefficient (Wildman–Crippen LogP) is 2.52. The van der Waals surface area contributed by atoms with Gasteiger partial charge in [0, 0.05) is 17.8 Å². The van der Waals surface area contributed by atoms with Gasteiger partial charge in [0.15, 0.2) is 0 Å². The summed E-state index contributed by atoms with van der Waals surface area (Å²) in [6.07, 6.45) is 3.47. The summed E-state index contributed by atoms with van der Waals surface area (Å²) in [6.45, 7) is 4.08. The van der Waals surface area contributed by atoms with E-state index >= 15 is 0 Å². The number of nitro benzene ring substituents is 1. The second kappa shape index (κ2) is 5.75. The molecular weight excluding hydrogens is 208 g/mol. The number of nitrogens with two attached hydrogens (primary N) is 1. The molecule has 0 atom stereocenters. The van der Waals surface area contributed by atoms with Crippen molar-refractivity contribution in [1.29, 1.82) is 0 Å². The maximum Gasteiger partial charge on any atom is 0.275 e. The van der Waals surface area contributed by atoms with Crippen molar-refractivity contribution in [2.45, 2.75) is 12.8 Å². The summed E-state index contributed by atoms with van der Waals surface area (Å²) >= 11 is 0. The average molecular weight is 222 g/mol. The average Bonchev–Trinajstić information content (AvgIpc) is 2.23. The van der Waals surface area contributed by atoms with E-state index < -0.39 is 4.92 Å². The second-order valence-electron chi connectivity index (χ2n) is 3.30. The van der Waals surface area contributed by atoms with Crippen LogP contribution in [-0.2, 0) is 0 Å². The molecule has 5 nitrogen and oxygen atoms in total. The van der Waals surface area contributed by atoms with Crippen LogP contribution < -0.4 is 10.5 Å². The molecule has 0 amide bonds. The summed E-state index contributed by atoms with van der Waals surface area (Å²) in [4.78, 5) is 10.1. The van der Waals surface area contributed by atoms with E-state index in [9.17, 15) is 10.1 Å². The van der Waals surface area contributed by atoms with Crippen LogP contribution >= 0.6 is 0 Å². The fourth-order valence-electron chi connectivity index (χ4n) is 1.21. The Morgan fingerprint density at radius 3 is 2.88 bits per heavy atom. The highest BCUT2D eigenvalue weighted by Gasteiger charge is 2.08. The highest BCUT2D eigenvalue weighted by Crippen LogP contribution is 2.24. The van der Waals surface area contributed by atoms with Crippen LogP contribution in [0, 0.1) is 10.1 Å². The first-order valence-corrected chi connectivity index (χ1v) is 4.92. The lowest BCUT2D eigenvalue weighted by molar-refractivity contribution is -0.384. The molecule has 0 radical (unpaired) electrons. The van der Waals surface area contributed by atoms with Gasteiger partial charge in [-0.3, -0.25) is 10.1 Å². The second-order valence-corrected chi connectivity index (χ2v) is 3.30. The molecule has 2 N–H and O–H groups in total. The van der Waals surface area contributed by atoms with Gasteiger partial charge in [-0.1, -0.05) is 6.08 Å². The number of unbranched alkanes of at least 4 members (excludes halogenated alkanes) is 1. The molecule has 1 rings (SSSR count). The molecular formula is C11H14N2O3. The summed E-state index contributed by atoms with van der Waals surface area (Å²) < 4.78 is 5.35. The van der Waals surface area contributed by atoms with E-state index in [2.05, 4.69) is 6.58 Å². The molecule has 0 saturated carbocycles. The Kier molecular flexibility index (Phi) is 4.32. The van der Waals surface area contributed by atoms with Gasteiger partial charge in [-0.25, -0.2) is 0 Å². The number of non-ortho nitro benzene ring substituents is 1. The van der Waals surface area contributed by atoms with E-state index in [0.717, 1.165) is 12.8 Å². The highest BCUT2D eigenvalue weighted by molar-refractivity contribution is 5.53. The Morgan fingerprint density at radius 2 is 2.25 bits per heavy atom. The SMILES string of the molecule is C=CCCCOc1cc(N)cc([N+](=O)[O-])c1. The zero-order valence-corrected chi connectivity index (χ0v) is 8.89. The van der Waals surface area contributed by atoms with Gasteiger partial charge in [0.25, 0.3) is 5.69 Å². The summed E-state index contributed by atoms with van der Waals surface area (Å²) in [6, 6.07) is 4.24. The Hall–Kier alpha value is -2.04. The molecule has 0 aliphatic carbocycles. The third-order valence-electron chi connectivity index (χ3n) is 1.95. The first kappa shape index (κ1) is 12.0. The monoisotopic (exact) mass is 222 g/mol. The molecule has 0 aliphatic rings. The molecule has 1 aromatic carbocycles. The number of benzene rings is 1. The number of allylic oxidation sites excluding steroid dienone is 1. The van der Waals surface area contributed by atoms with Gasteiger partial charge < -0.3 is 10.5 Å². The van der Waals surface area contributed by atoms with Gasteiger partial charge in [-0.15, -0.1) is 6.58 Å². The van der Waals surface area contributed by atoms with Crippen LogP contribution in [0.5, 0.6) is 5.75 Å². The van der Waals surface area contributed by atoms with E-state index in [0.29, 0.717) is 18.0 Å². The lowest BCUT2D eigenvalue weighted by atomic mass is 10.2. The third kappa shape index (κ3) is 3.61. The largest absolute Gasteiger partial charge is 0.493 e. The van der Waals surface area contributed by atoms with Crippen LogP contribution in [0.4, 0.5) is 11.4 Å². The van der Waals surface area contributed by atoms with Crippen LogP contribution in [0.25, 0.3) is 0 Å². The topological polar surface area (TPSA) is 78.4 Å². The number of nitro groups is 1. The van der Waals surface area contributed by atoms with E-state index in [1.165, 1.54) is 12.1 Å². The minimum atomic E-state index is -0.493. The first-order chi connectivity index (χ1) is 7.63. The fraction of sp³-hybridized carbons (Fsp3) is 0.273. The molecule has 5 heteroatoms. The van der Waals surface area contributed by atoms with Crippen LogP contribution in [0.1, 0.15) is 12.8 Å². The number of anilines is 1. The number of rotatable bonds is 6. The Bertz CT molecular complexity index is 391. The Balaban J connectivity index is 2.65. The third-order valence-corrected chi connectivity index (χ3v) is 1.95. The molecule has 0 aliphatic heterocycles. The summed E-state index contributed by atoms with van der Waals surface area (Å²) in [5, 5.41) is 10.6. The number of ether oxygens (including phenoxy) is 1. The minimum Gasteiger partial charge on any atom is -0.493 e. The number of nitrogen functional groups attached to an aromatic ring is 1. The maximum atomic E-state index is 10.6. The van der Waals surface area contributed by atoms with Gasteiger partial charge in [-0.2, -0.15) is 0 Å². The molecule has 0 aromatic heterocycles. The molecule has 0 spiro atoms. The fourth-order valence-corrected chi connectivity index (χ4v) is 1.21. The molecule has 0 fully saturated rings. The van der Waals surface area contributed by atoms with Crippen LogP contribution in [0.15, 0.2) is 30.9 Å². The number of hydrogen-bond acceptors (Lipinski definition) is 4. The lowest BCUT2D eigenvalue weighted by Gasteiger charge is -2.05. The molecule has 1 aromatic rings. The van der Waals surface area contributed by atoms with Crippen molar-refractivity contribution < 1.29 is 9.66 Å². The van der Waals surface area contributed by atoms with E-state index in [1.807, 2.05) is 0 Å².